The Hall–Kier alpha value is -3.38. The van der Waals surface area contributed by atoms with E-state index in [1.807, 2.05) is 6.07 Å². The van der Waals surface area contributed by atoms with Gasteiger partial charge in [-0.15, -0.1) is 0 Å². The highest BCUT2D eigenvalue weighted by Crippen LogP contribution is 2.26. The van der Waals surface area contributed by atoms with Crippen LogP contribution in [0.5, 0.6) is 0 Å². The Morgan fingerprint density at radius 3 is 2.50 bits per heavy atom. The molecule has 176 valence electrons. The van der Waals surface area contributed by atoms with Crippen molar-refractivity contribution in [1.82, 2.24) is 10.3 Å². The highest BCUT2D eigenvalue weighted by atomic mass is 19.1. The van der Waals surface area contributed by atoms with Crippen molar-refractivity contribution in [3.8, 4) is 11.1 Å². The van der Waals surface area contributed by atoms with Gasteiger partial charge in [-0.05, 0) is 72.4 Å². The van der Waals surface area contributed by atoms with Crippen LogP contribution in [0.4, 0.5) is 4.39 Å². The second-order valence-electron chi connectivity index (χ2n) is 8.85. The van der Waals surface area contributed by atoms with Gasteiger partial charge in [-0.1, -0.05) is 31.0 Å². The van der Waals surface area contributed by atoms with E-state index < -0.39 is 5.82 Å². The van der Waals surface area contributed by atoms with E-state index in [2.05, 4.69) is 10.3 Å². The molecule has 1 saturated carbocycles. The maximum absolute atomic E-state index is 14.7. The number of ketones is 1. The van der Waals surface area contributed by atoms with Gasteiger partial charge in [0.2, 0.25) is 0 Å². The van der Waals surface area contributed by atoms with Gasteiger partial charge in [-0.3, -0.25) is 14.6 Å². The topological polar surface area (TPSA) is 79.3 Å². The van der Waals surface area contributed by atoms with Crippen molar-refractivity contribution < 1.29 is 19.1 Å². The highest BCUT2D eigenvalue weighted by molar-refractivity contribution is 5.97. The van der Waals surface area contributed by atoms with Gasteiger partial charge < -0.3 is 10.4 Å². The Morgan fingerprint density at radius 2 is 1.79 bits per heavy atom. The zero-order chi connectivity index (χ0) is 23.9. The van der Waals surface area contributed by atoms with Gasteiger partial charge in [-0.2, -0.15) is 0 Å². The summed E-state index contributed by atoms with van der Waals surface area (Å²) in [6.45, 7) is -0.162. The number of halogens is 1. The molecular formula is C28H29FN2O3. The zero-order valence-electron chi connectivity index (χ0n) is 19.0. The minimum absolute atomic E-state index is 0.0409. The van der Waals surface area contributed by atoms with Crippen LogP contribution in [0.3, 0.4) is 0 Å². The first-order valence-electron chi connectivity index (χ1n) is 11.8. The molecule has 0 saturated heterocycles. The van der Waals surface area contributed by atoms with Crippen molar-refractivity contribution in [1.29, 1.82) is 0 Å². The third-order valence-corrected chi connectivity index (χ3v) is 6.53. The van der Waals surface area contributed by atoms with Gasteiger partial charge in [0.1, 0.15) is 5.82 Å². The molecule has 1 fully saturated rings. The summed E-state index contributed by atoms with van der Waals surface area (Å²) in [5, 5.41) is 13.0. The van der Waals surface area contributed by atoms with E-state index in [1.54, 1.807) is 48.8 Å². The Bertz CT molecular complexity index is 1140. The van der Waals surface area contributed by atoms with Crippen molar-refractivity contribution in [2.75, 3.05) is 6.61 Å². The van der Waals surface area contributed by atoms with Crippen LogP contribution in [0.25, 0.3) is 11.1 Å². The number of hydrogen-bond acceptors (Lipinski definition) is 4. The van der Waals surface area contributed by atoms with Crippen LogP contribution in [0.1, 0.15) is 70.7 Å². The number of aromatic nitrogens is 1. The van der Waals surface area contributed by atoms with E-state index >= 15 is 0 Å². The molecule has 1 amide bonds. The summed E-state index contributed by atoms with van der Waals surface area (Å²) in [6.07, 6.45) is 8.00. The number of rotatable bonds is 9. The minimum Gasteiger partial charge on any atom is -0.396 e. The molecule has 4 rings (SSSR count). The largest absolute Gasteiger partial charge is 0.396 e. The number of pyridine rings is 1. The lowest BCUT2D eigenvalue weighted by atomic mass is 9.91. The average molecular weight is 461 g/mol. The van der Waals surface area contributed by atoms with Crippen molar-refractivity contribution >= 4 is 11.7 Å². The SMILES string of the molecule is O=C(NC1CCCC1)c1cccc([C@@H](CO)CCC(=O)c2ccc(-c3ccncc3)cc2F)c1. The molecular weight excluding hydrogens is 431 g/mol. The second kappa shape index (κ2) is 11.2. The summed E-state index contributed by atoms with van der Waals surface area (Å²) in [5.74, 6) is -1.31. The lowest BCUT2D eigenvalue weighted by Gasteiger charge is -2.17. The summed E-state index contributed by atoms with van der Waals surface area (Å²) in [5.41, 5.74) is 2.89. The molecule has 5 nitrogen and oxygen atoms in total. The predicted octanol–water partition coefficient (Wildman–Crippen LogP) is 5.30. The summed E-state index contributed by atoms with van der Waals surface area (Å²) < 4.78 is 14.7. The number of carbonyl (C=O) groups excluding carboxylic acids is 2. The predicted molar refractivity (Wildman–Crippen MR) is 129 cm³/mol. The summed E-state index contributed by atoms with van der Waals surface area (Å²) >= 11 is 0. The number of nitrogens with zero attached hydrogens (tertiary/aromatic N) is 1. The molecule has 1 aliphatic carbocycles. The van der Waals surface area contributed by atoms with Gasteiger partial charge in [0.05, 0.1) is 5.56 Å². The summed E-state index contributed by atoms with van der Waals surface area (Å²) in [6, 6.07) is 15.6. The molecule has 1 atom stereocenters. The van der Waals surface area contributed by atoms with E-state index in [-0.39, 0.29) is 42.2 Å². The van der Waals surface area contributed by atoms with Crippen LogP contribution in [-0.2, 0) is 0 Å². The standard InChI is InChI=1S/C28H29FN2O3/c29-26-17-21(19-12-14-30-15-13-19)8-10-25(26)27(33)11-9-23(18-32)20-4-3-5-22(16-20)28(34)31-24-6-1-2-7-24/h3-5,8,10,12-17,23-24,32H,1-2,6-7,9,11,18H2,(H,31,34)/t23-/m1/s1. The van der Waals surface area contributed by atoms with Crippen molar-refractivity contribution in [3.05, 3.63) is 89.5 Å². The quantitative estimate of drug-likeness (QED) is 0.425. The molecule has 0 radical (unpaired) electrons. The molecule has 0 unspecified atom stereocenters. The van der Waals surface area contributed by atoms with Crippen LogP contribution in [0, 0.1) is 5.82 Å². The molecule has 34 heavy (non-hydrogen) atoms. The van der Waals surface area contributed by atoms with Gasteiger partial charge in [-0.25, -0.2) is 4.39 Å². The van der Waals surface area contributed by atoms with Crippen molar-refractivity contribution in [2.24, 2.45) is 0 Å². The van der Waals surface area contributed by atoms with Crippen molar-refractivity contribution in [2.45, 2.75) is 50.5 Å². The normalized spacial score (nSPS) is 14.6. The second-order valence-corrected chi connectivity index (χ2v) is 8.85. The van der Waals surface area contributed by atoms with Crippen LogP contribution in [0.15, 0.2) is 67.0 Å². The molecule has 0 aliphatic heterocycles. The number of Topliss-reactive ketones (excluding diaryl/α,β-unsaturated/α-hetero) is 1. The fourth-order valence-electron chi connectivity index (χ4n) is 4.54. The number of nitrogens with one attached hydrogen (secondary N) is 1. The molecule has 3 aromatic rings. The third-order valence-electron chi connectivity index (χ3n) is 6.53. The number of aliphatic hydroxyl groups is 1. The molecule has 2 aromatic carbocycles. The van der Waals surface area contributed by atoms with E-state index in [9.17, 15) is 19.1 Å². The molecule has 1 aromatic heterocycles. The van der Waals surface area contributed by atoms with E-state index in [0.29, 0.717) is 17.5 Å². The molecule has 6 heteroatoms. The third kappa shape index (κ3) is 5.75. The van der Waals surface area contributed by atoms with Gasteiger partial charge in [0.15, 0.2) is 5.78 Å². The Labute approximate surface area is 199 Å². The first-order valence-corrected chi connectivity index (χ1v) is 11.8. The molecule has 1 heterocycles. The Morgan fingerprint density at radius 1 is 1.03 bits per heavy atom. The van der Waals surface area contributed by atoms with Crippen LogP contribution in [0.2, 0.25) is 0 Å². The summed E-state index contributed by atoms with van der Waals surface area (Å²) in [7, 11) is 0. The number of benzene rings is 2. The van der Waals surface area contributed by atoms with E-state index in [4.69, 9.17) is 0 Å². The van der Waals surface area contributed by atoms with Gasteiger partial charge >= 0.3 is 0 Å². The smallest absolute Gasteiger partial charge is 0.251 e. The lowest BCUT2D eigenvalue weighted by molar-refractivity contribution is 0.0934. The molecule has 0 bridgehead atoms. The van der Waals surface area contributed by atoms with E-state index in [1.165, 1.54) is 12.1 Å². The molecule has 0 spiro atoms. The lowest BCUT2D eigenvalue weighted by Crippen LogP contribution is -2.32. The number of hydrogen-bond donors (Lipinski definition) is 2. The fraction of sp³-hybridized carbons (Fsp3) is 0.321. The van der Waals surface area contributed by atoms with E-state index in [0.717, 1.165) is 36.8 Å². The first kappa shape index (κ1) is 23.8. The van der Waals surface area contributed by atoms with Crippen LogP contribution >= 0.6 is 0 Å². The minimum atomic E-state index is -0.564. The zero-order valence-corrected chi connectivity index (χ0v) is 19.0. The van der Waals surface area contributed by atoms with Gasteiger partial charge in [0, 0.05) is 42.9 Å². The maximum atomic E-state index is 14.7. The fourth-order valence-corrected chi connectivity index (χ4v) is 4.54. The highest BCUT2D eigenvalue weighted by Gasteiger charge is 2.20. The summed E-state index contributed by atoms with van der Waals surface area (Å²) in [4.78, 5) is 29.3. The molecule has 1 aliphatic rings. The van der Waals surface area contributed by atoms with Gasteiger partial charge in [0.25, 0.3) is 5.91 Å². The average Bonchev–Trinajstić information content (AvgIpc) is 3.38. The number of amides is 1. The molecule has 2 N–H and O–H groups in total. The van der Waals surface area contributed by atoms with Crippen LogP contribution in [-0.4, -0.2) is 34.4 Å². The van der Waals surface area contributed by atoms with Crippen molar-refractivity contribution in [3.63, 3.8) is 0 Å². The number of aliphatic hydroxyl groups excluding tert-OH is 1. The Balaban J connectivity index is 1.40. The Kier molecular flexibility index (Phi) is 7.80. The maximum Gasteiger partial charge on any atom is 0.251 e. The van der Waals surface area contributed by atoms with Crippen LogP contribution < -0.4 is 5.32 Å². The monoisotopic (exact) mass is 460 g/mol. The first-order chi connectivity index (χ1) is 16.5. The number of carbonyl (C=O) groups is 2.